The fourth-order valence-electron chi connectivity index (χ4n) is 2.77. The second-order valence-corrected chi connectivity index (χ2v) is 7.30. The van der Waals surface area contributed by atoms with Crippen molar-refractivity contribution < 1.29 is 14.1 Å². The third kappa shape index (κ3) is 3.76. The number of aromatic nitrogens is 1. The Kier molecular flexibility index (Phi) is 4.65. The van der Waals surface area contributed by atoms with Gasteiger partial charge in [0.25, 0.3) is 5.69 Å². The molecule has 8 nitrogen and oxygen atoms in total. The Labute approximate surface area is 167 Å². The fourth-order valence-corrected chi connectivity index (χ4v) is 3.67. The second-order valence-electron chi connectivity index (χ2n) is 6.27. The first kappa shape index (κ1) is 18.5. The highest BCUT2D eigenvalue weighted by Crippen LogP contribution is 2.29. The SMILES string of the molecule is Cc1ccc2occ(/C=C/C(=O)Nc3nc4ccc([N+](=O)[O-])cc4s3)c(=O)c2c1. The van der Waals surface area contributed by atoms with Crippen molar-refractivity contribution in [3.63, 3.8) is 0 Å². The molecule has 0 fully saturated rings. The monoisotopic (exact) mass is 407 g/mol. The van der Waals surface area contributed by atoms with E-state index in [1.165, 1.54) is 36.6 Å². The predicted molar refractivity (Wildman–Crippen MR) is 111 cm³/mol. The van der Waals surface area contributed by atoms with Gasteiger partial charge in [0.05, 0.1) is 26.1 Å². The largest absolute Gasteiger partial charge is 0.463 e. The van der Waals surface area contributed by atoms with Crippen molar-refractivity contribution >= 4 is 55.3 Å². The molecule has 0 atom stereocenters. The molecular weight excluding hydrogens is 394 g/mol. The molecule has 0 saturated heterocycles. The van der Waals surface area contributed by atoms with Crippen LogP contribution in [0, 0.1) is 17.0 Å². The van der Waals surface area contributed by atoms with Gasteiger partial charge in [-0.15, -0.1) is 0 Å². The average Bonchev–Trinajstić information content (AvgIpc) is 3.09. The summed E-state index contributed by atoms with van der Waals surface area (Å²) in [6.45, 7) is 1.88. The number of amides is 1. The van der Waals surface area contributed by atoms with Crippen molar-refractivity contribution in [1.82, 2.24) is 4.98 Å². The smallest absolute Gasteiger partial charge is 0.270 e. The lowest BCUT2D eigenvalue weighted by Gasteiger charge is -2.00. The summed E-state index contributed by atoms with van der Waals surface area (Å²) < 4.78 is 6.04. The number of rotatable bonds is 4. The molecule has 4 aromatic rings. The molecule has 29 heavy (non-hydrogen) atoms. The summed E-state index contributed by atoms with van der Waals surface area (Å²) in [4.78, 5) is 39.3. The maximum absolute atomic E-state index is 12.5. The molecule has 0 bridgehead atoms. The maximum Gasteiger partial charge on any atom is 0.270 e. The predicted octanol–water partition coefficient (Wildman–Crippen LogP) is 4.27. The van der Waals surface area contributed by atoms with E-state index in [4.69, 9.17) is 4.42 Å². The minimum atomic E-state index is -0.489. The lowest BCUT2D eigenvalue weighted by atomic mass is 10.1. The number of thiazole rings is 1. The first-order chi connectivity index (χ1) is 13.9. The van der Waals surface area contributed by atoms with E-state index in [0.29, 0.717) is 26.3 Å². The number of carbonyl (C=O) groups is 1. The van der Waals surface area contributed by atoms with Crippen LogP contribution in [0.4, 0.5) is 10.8 Å². The van der Waals surface area contributed by atoms with E-state index in [1.807, 2.05) is 13.0 Å². The van der Waals surface area contributed by atoms with Gasteiger partial charge in [0.1, 0.15) is 11.8 Å². The van der Waals surface area contributed by atoms with Gasteiger partial charge >= 0.3 is 0 Å². The number of fused-ring (bicyclic) bond motifs is 2. The molecular formula is C20H13N3O5S. The van der Waals surface area contributed by atoms with E-state index in [-0.39, 0.29) is 16.7 Å². The Balaban J connectivity index is 1.55. The zero-order valence-electron chi connectivity index (χ0n) is 15.0. The van der Waals surface area contributed by atoms with Crippen LogP contribution in [0.5, 0.6) is 0 Å². The van der Waals surface area contributed by atoms with Crippen molar-refractivity contribution in [3.8, 4) is 0 Å². The summed E-state index contributed by atoms with van der Waals surface area (Å²) >= 11 is 1.12. The number of hydrogen-bond donors (Lipinski definition) is 1. The van der Waals surface area contributed by atoms with Crippen LogP contribution < -0.4 is 10.7 Å². The van der Waals surface area contributed by atoms with Crippen molar-refractivity contribution in [2.45, 2.75) is 6.92 Å². The van der Waals surface area contributed by atoms with Crippen LogP contribution in [0.2, 0.25) is 0 Å². The molecule has 0 unspecified atom stereocenters. The van der Waals surface area contributed by atoms with Crippen LogP contribution in [-0.4, -0.2) is 15.8 Å². The summed E-state index contributed by atoms with van der Waals surface area (Å²) in [5.74, 6) is -0.484. The number of anilines is 1. The van der Waals surface area contributed by atoms with Gasteiger partial charge < -0.3 is 4.42 Å². The Morgan fingerprint density at radius 3 is 2.90 bits per heavy atom. The van der Waals surface area contributed by atoms with Gasteiger partial charge in [-0.2, -0.15) is 0 Å². The Morgan fingerprint density at radius 1 is 1.28 bits per heavy atom. The summed E-state index contributed by atoms with van der Waals surface area (Å²) in [6, 6.07) is 9.59. The van der Waals surface area contributed by atoms with Gasteiger partial charge in [0.15, 0.2) is 10.6 Å². The summed E-state index contributed by atoms with van der Waals surface area (Å²) in [6.07, 6.45) is 3.89. The second kappa shape index (κ2) is 7.28. The zero-order chi connectivity index (χ0) is 20.5. The number of carbonyl (C=O) groups excluding carboxylic acids is 1. The highest BCUT2D eigenvalue weighted by atomic mass is 32.1. The molecule has 0 aliphatic carbocycles. The van der Waals surface area contributed by atoms with E-state index in [0.717, 1.165) is 16.9 Å². The molecule has 0 aliphatic rings. The number of nitro benzene ring substituents is 1. The maximum atomic E-state index is 12.5. The molecule has 0 radical (unpaired) electrons. The van der Waals surface area contributed by atoms with Crippen LogP contribution in [0.3, 0.4) is 0 Å². The van der Waals surface area contributed by atoms with E-state index < -0.39 is 10.8 Å². The van der Waals surface area contributed by atoms with Crippen molar-refractivity contribution in [3.05, 3.63) is 80.2 Å². The van der Waals surface area contributed by atoms with Crippen LogP contribution in [0.25, 0.3) is 27.3 Å². The van der Waals surface area contributed by atoms with E-state index in [1.54, 1.807) is 12.1 Å². The summed E-state index contributed by atoms with van der Waals surface area (Å²) in [7, 11) is 0. The molecule has 144 valence electrons. The lowest BCUT2D eigenvalue weighted by Crippen LogP contribution is -2.09. The van der Waals surface area contributed by atoms with Crippen molar-refractivity contribution in [2.75, 3.05) is 5.32 Å². The Bertz CT molecular complexity index is 1370. The van der Waals surface area contributed by atoms with Gasteiger partial charge in [-0.1, -0.05) is 23.0 Å². The summed E-state index contributed by atoms with van der Waals surface area (Å²) in [5.41, 5.74) is 1.93. The van der Waals surface area contributed by atoms with Crippen LogP contribution in [-0.2, 0) is 4.79 Å². The molecule has 1 N–H and O–H groups in total. The number of nitro groups is 1. The van der Waals surface area contributed by atoms with Crippen LogP contribution in [0.15, 0.2) is 57.9 Å². The number of aryl methyl sites for hydroxylation is 1. The van der Waals surface area contributed by atoms with Crippen molar-refractivity contribution in [2.24, 2.45) is 0 Å². The molecule has 4 rings (SSSR count). The molecule has 0 spiro atoms. The highest BCUT2D eigenvalue weighted by molar-refractivity contribution is 7.22. The highest BCUT2D eigenvalue weighted by Gasteiger charge is 2.11. The van der Waals surface area contributed by atoms with Crippen molar-refractivity contribution in [1.29, 1.82) is 0 Å². The number of nitrogens with zero attached hydrogens (tertiary/aromatic N) is 2. The minimum absolute atomic E-state index is 0.0443. The van der Waals surface area contributed by atoms with Gasteiger partial charge in [-0.3, -0.25) is 25.0 Å². The van der Waals surface area contributed by atoms with Crippen LogP contribution in [0.1, 0.15) is 11.1 Å². The quantitative estimate of drug-likeness (QED) is 0.307. The number of benzene rings is 2. The first-order valence-electron chi connectivity index (χ1n) is 8.47. The Morgan fingerprint density at radius 2 is 2.10 bits per heavy atom. The van der Waals surface area contributed by atoms with Gasteiger partial charge in [0.2, 0.25) is 5.91 Å². The third-order valence-corrected chi connectivity index (χ3v) is 5.12. The third-order valence-electron chi connectivity index (χ3n) is 4.18. The van der Waals surface area contributed by atoms with Gasteiger partial charge in [-0.25, -0.2) is 4.98 Å². The number of non-ortho nitro benzene ring substituents is 1. The molecule has 1 amide bonds. The van der Waals surface area contributed by atoms with E-state index >= 15 is 0 Å². The molecule has 9 heteroatoms. The number of hydrogen-bond acceptors (Lipinski definition) is 7. The molecule has 0 saturated carbocycles. The normalized spacial score (nSPS) is 11.3. The summed E-state index contributed by atoms with van der Waals surface area (Å²) in [5, 5.41) is 14.2. The standard InChI is InChI=1S/C20H13N3O5S/c1-11-2-6-16-14(8-11)19(25)12(10-28-16)3-7-18(24)22-20-21-15-5-4-13(23(26)27)9-17(15)29-20/h2-10H,1H3,(H,21,22,24)/b7-3+. The molecule has 2 heterocycles. The van der Waals surface area contributed by atoms with Gasteiger partial charge in [0, 0.05) is 18.2 Å². The molecule has 0 aliphatic heterocycles. The van der Waals surface area contributed by atoms with Crippen LogP contribution >= 0.6 is 11.3 Å². The molecule has 2 aromatic heterocycles. The Hall–Kier alpha value is -3.85. The lowest BCUT2D eigenvalue weighted by molar-refractivity contribution is -0.384. The van der Waals surface area contributed by atoms with E-state index in [9.17, 15) is 19.7 Å². The number of nitrogens with one attached hydrogen (secondary N) is 1. The average molecular weight is 407 g/mol. The van der Waals surface area contributed by atoms with E-state index in [2.05, 4.69) is 10.3 Å². The van der Waals surface area contributed by atoms with Gasteiger partial charge in [-0.05, 0) is 31.2 Å². The molecule has 2 aromatic carbocycles. The zero-order valence-corrected chi connectivity index (χ0v) is 15.9. The minimum Gasteiger partial charge on any atom is -0.463 e. The topological polar surface area (TPSA) is 115 Å². The first-order valence-corrected chi connectivity index (χ1v) is 9.28. The fraction of sp³-hybridized carbons (Fsp3) is 0.0500.